The van der Waals surface area contributed by atoms with Crippen molar-refractivity contribution in [2.75, 3.05) is 39.6 Å². The van der Waals surface area contributed by atoms with E-state index in [2.05, 4.69) is 34.6 Å². The second-order valence-corrected chi connectivity index (χ2v) is 33.3. The molecule has 0 amide bonds. The first-order valence-electron chi connectivity index (χ1n) is 43.1. The van der Waals surface area contributed by atoms with E-state index in [4.69, 9.17) is 37.0 Å². The number of aliphatic hydroxyl groups is 1. The molecule has 0 saturated carbocycles. The third kappa shape index (κ3) is 76.3. The van der Waals surface area contributed by atoms with E-state index in [0.717, 1.165) is 95.8 Å². The normalized spacial score (nSPS) is 13.8. The van der Waals surface area contributed by atoms with E-state index < -0.39 is 97.5 Å². The average molecular weight is 1490 g/mol. The number of esters is 4. The minimum atomic E-state index is -4.96. The molecule has 3 N–H and O–H groups in total. The molecule has 19 heteroatoms. The molecule has 0 rings (SSSR count). The lowest BCUT2D eigenvalue weighted by molar-refractivity contribution is -0.161. The Morgan fingerprint density at radius 2 is 0.451 bits per heavy atom. The maximum atomic E-state index is 13.1. The van der Waals surface area contributed by atoms with Crippen molar-refractivity contribution in [3.05, 3.63) is 0 Å². The van der Waals surface area contributed by atoms with Gasteiger partial charge in [0, 0.05) is 25.7 Å². The summed E-state index contributed by atoms with van der Waals surface area (Å²) in [5, 5.41) is 10.7. The van der Waals surface area contributed by atoms with E-state index in [-0.39, 0.29) is 25.7 Å². The number of carbonyl (C=O) groups excluding carboxylic acids is 4. The van der Waals surface area contributed by atoms with Gasteiger partial charge in [0.15, 0.2) is 12.2 Å². The summed E-state index contributed by atoms with van der Waals surface area (Å²) in [6.07, 6.45) is 67.9. The number of ether oxygens (including phenoxy) is 4. The first-order chi connectivity index (χ1) is 49.5. The lowest BCUT2D eigenvalue weighted by Gasteiger charge is -2.21. The molecule has 5 atom stereocenters. The SMILES string of the molecule is CCCCCCCCCCCCCCCCCCCCCC(=O)O[C@H](COC(=O)CCCCCCCCCCCCCCCCCCC)COP(=O)(O)OC[C@@H](O)COP(=O)(O)OC[C@@H](COC(=O)CCCCCCCCCCCC)OC(=O)CCCCCCCCCCCCCCCC(C)C. The van der Waals surface area contributed by atoms with Crippen LogP contribution in [0.15, 0.2) is 0 Å². The largest absolute Gasteiger partial charge is 0.472 e. The molecule has 0 aromatic heterocycles. The summed E-state index contributed by atoms with van der Waals surface area (Å²) in [4.78, 5) is 73.1. The van der Waals surface area contributed by atoms with Crippen LogP contribution in [0.1, 0.15) is 446 Å². The molecule has 0 radical (unpaired) electrons. The van der Waals surface area contributed by atoms with Gasteiger partial charge in [0.25, 0.3) is 0 Å². The van der Waals surface area contributed by atoms with Crippen LogP contribution in [-0.2, 0) is 65.4 Å². The third-order valence-corrected chi connectivity index (χ3v) is 21.4. The molecule has 0 bridgehead atoms. The maximum absolute atomic E-state index is 13.1. The summed E-state index contributed by atoms with van der Waals surface area (Å²) in [6, 6.07) is 0. The molecule has 0 aliphatic rings. The maximum Gasteiger partial charge on any atom is 0.472 e. The van der Waals surface area contributed by atoms with Gasteiger partial charge in [-0.1, -0.05) is 394 Å². The molecule has 102 heavy (non-hydrogen) atoms. The van der Waals surface area contributed by atoms with Gasteiger partial charge in [-0.05, 0) is 31.6 Å². The van der Waals surface area contributed by atoms with Crippen LogP contribution in [0, 0.1) is 5.92 Å². The van der Waals surface area contributed by atoms with Crippen LogP contribution < -0.4 is 0 Å². The van der Waals surface area contributed by atoms with E-state index in [1.165, 1.54) is 270 Å². The summed E-state index contributed by atoms with van der Waals surface area (Å²) in [7, 11) is -9.92. The highest BCUT2D eigenvalue weighted by atomic mass is 31.2. The van der Waals surface area contributed by atoms with E-state index in [1.54, 1.807) is 0 Å². The predicted octanol–water partition coefficient (Wildman–Crippen LogP) is 25.2. The second kappa shape index (κ2) is 75.9. The summed E-state index contributed by atoms with van der Waals surface area (Å²) >= 11 is 0. The van der Waals surface area contributed by atoms with Crippen LogP contribution >= 0.6 is 15.6 Å². The fourth-order valence-electron chi connectivity index (χ4n) is 12.9. The van der Waals surface area contributed by atoms with E-state index in [0.29, 0.717) is 25.7 Å². The smallest absolute Gasteiger partial charge is 0.462 e. The Morgan fingerprint density at radius 1 is 0.265 bits per heavy atom. The second-order valence-electron chi connectivity index (χ2n) is 30.3. The Morgan fingerprint density at radius 3 is 0.667 bits per heavy atom. The number of carbonyl (C=O) groups is 4. The van der Waals surface area contributed by atoms with Gasteiger partial charge in [0.05, 0.1) is 26.4 Å². The summed E-state index contributed by atoms with van der Waals surface area (Å²) in [6.45, 7) is 7.36. The average Bonchev–Trinajstić information content (AvgIpc) is 0.916. The van der Waals surface area contributed by atoms with Gasteiger partial charge in [-0.2, -0.15) is 0 Å². The molecule has 0 aromatic carbocycles. The molecule has 0 saturated heterocycles. The zero-order chi connectivity index (χ0) is 74.8. The Balaban J connectivity index is 5.23. The Bertz CT molecular complexity index is 1940. The van der Waals surface area contributed by atoms with Crippen molar-refractivity contribution >= 4 is 39.5 Å². The Labute approximate surface area is 626 Å². The molecular weight excluding hydrogens is 1330 g/mol. The summed E-state index contributed by atoms with van der Waals surface area (Å²) < 4.78 is 68.8. The van der Waals surface area contributed by atoms with E-state index in [9.17, 15) is 43.2 Å². The molecule has 17 nitrogen and oxygen atoms in total. The van der Waals surface area contributed by atoms with Gasteiger partial charge < -0.3 is 33.8 Å². The van der Waals surface area contributed by atoms with Gasteiger partial charge in [0.1, 0.15) is 19.3 Å². The van der Waals surface area contributed by atoms with Crippen molar-refractivity contribution in [1.82, 2.24) is 0 Å². The standard InChI is InChI=1S/C83H162O17P2/c1-6-9-12-15-18-21-24-26-28-30-31-33-35-39-43-48-53-58-63-68-82(87)100-79(73-94-81(86)67-62-57-52-47-42-38-34-32-29-27-25-22-19-16-13-10-7-2)75-98-102(91,92)96-71-77(84)70-95-101(89,90)97-74-78(72-93-80(85)66-61-56-51-46-23-20-17-14-11-8-3)99-83(88)69-64-59-54-49-44-40-36-37-41-45-50-55-60-65-76(4)5/h76-79,84H,6-75H2,1-5H3,(H,89,90)(H,91,92)/t77-,78+,79+/m0/s1. The molecule has 0 aliphatic heterocycles. The molecule has 0 fully saturated rings. The number of hydrogen-bond donors (Lipinski definition) is 3. The van der Waals surface area contributed by atoms with Gasteiger partial charge in [0.2, 0.25) is 0 Å². The number of rotatable bonds is 83. The topological polar surface area (TPSA) is 237 Å². The fraction of sp³-hybridized carbons (Fsp3) is 0.952. The van der Waals surface area contributed by atoms with Gasteiger partial charge in [-0.25, -0.2) is 9.13 Å². The van der Waals surface area contributed by atoms with Crippen molar-refractivity contribution in [2.24, 2.45) is 5.92 Å². The highest BCUT2D eigenvalue weighted by Gasteiger charge is 2.30. The monoisotopic (exact) mass is 1490 g/mol. The van der Waals surface area contributed by atoms with Crippen molar-refractivity contribution in [3.63, 3.8) is 0 Å². The van der Waals surface area contributed by atoms with Crippen molar-refractivity contribution in [2.45, 2.75) is 464 Å². The zero-order valence-electron chi connectivity index (χ0n) is 66.8. The van der Waals surface area contributed by atoms with Crippen LogP contribution in [0.5, 0.6) is 0 Å². The summed E-state index contributed by atoms with van der Waals surface area (Å²) in [5.74, 6) is -1.32. The predicted molar refractivity (Wildman–Crippen MR) is 418 cm³/mol. The van der Waals surface area contributed by atoms with Crippen LogP contribution in [0.2, 0.25) is 0 Å². The molecule has 2 unspecified atom stereocenters. The van der Waals surface area contributed by atoms with Gasteiger partial charge in [-0.3, -0.25) is 37.3 Å². The lowest BCUT2D eigenvalue weighted by Crippen LogP contribution is -2.30. The Hall–Kier alpha value is -1.94. The fourth-order valence-corrected chi connectivity index (χ4v) is 14.5. The van der Waals surface area contributed by atoms with Crippen LogP contribution in [0.4, 0.5) is 0 Å². The quantitative estimate of drug-likeness (QED) is 0.0222. The number of hydrogen-bond acceptors (Lipinski definition) is 15. The van der Waals surface area contributed by atoms with Crippen molar-refractivity contribution in [1.29, 1.82) is 0 Å². The van der Waals surface area contributed by atoms with Crippen LogP contribution in [-0.4, -0.2) is 96.7 Å². The highest BCUT2D eigenvalue weighted by molar-refractivity contribution is 7.47. The van der Waals surface area contributed by atoms with Crippen LogP contribution in [0.3, 0.4) is 0 Å². The molecular formula is C83H162O17P2. The van der Waals surface area contributed by atoms with Gasteiger partial charge >= 0.3 is 39.5 Å². The van der Waals surface area contributed by atoms with Crippen LogP contribution in [0.25, 0.3) is 0 Å². The molecule has 0 aliphatic carbocycles. The highest BCUT2D eigenvalue weighted by Crippen LogP contribution is 2.45. The minimum Gasteiger partial charge on any atom is -0.462 e. The molecule has 606 valence electrons. The zero-order valence-corrected chi connectivity index (χ0v) is 68.5. The minimum absolute atomic E-state index is 0.108. The van der Waals surface area contributed by atoms with Crippen molar-refractivity contribution < 1.29 is 80.2 Å². The Kier molecular flexibility index (Phi) is 74.4. The summed E-state index contributed by atoms with van der Waals surface area (Å²) in [5.41, 5.74) is 0. The number of phosphoric ester groups is 2. The van der Waals surface area contributed by atoms with E-state index in [1.807, 2.05) is 0 Å². The third-order valence-electron chi connectivity index (χ3n) is 19.5. The van der Waals surface area contributed by atoms with Gasteiger partial charge in [-0.15, -0.1) is 0 Å². The lowest BCUT2D eigenvalue weighted by atomic mass is 10.0. The number of aliphatic hydroxyl groups excluding tert-OH is 1. The number of phosphoric acid groups is 2. The molecule has 0 heterocycles. The first-order valence-corrected chi connectivity index (χ1v) is 46.1. The molecule has 0 aromatic rings. The molecule has 0 spiro atoms. The number of unbranched alkanes of at least 4 members (excludes halogenated alkanes) is 55. The van der Waals surface area contributed by atoms with E-state index >= 15 is 0 Å². The first kappa shape index (κ1) is 100. The van der Waals surface area contributed by atoms with Crippen molar-refractivity contribution in [3.8, 4) is 0 Å².